The van der Waals surface area contributed by atoms with Gasteiger partial charge in [0.15, 0.2) is 0 Å². The van der Waals surface area contributed by atoms with Gasteiger partial charge < -0.3 is 5.11 Å². The Hall–Kier alpha value is -1.64. The van der Waals surface area contributed by atoms with Gasteiger partial charge in [-0.05, 0) is 69.4 Å². The van der Waals surface area contributed by atoms with Crippen LogP contribution in [0.15, 0.2) is 39.8 Å². The van der Waals surface area contributed by atoms with Crippen LogP contribution in [0.1, 0.15) is 57.9 Å². The number of sulfone groups is 1. The first-order valence-corrected chi connectivity index (χ1v) is 10.7. The van der Waals surface area contributed by atoms with E-state index in [0.717, 1.165) is 31.2 Å². The molecule has 0 bridgehead atoms. The van der Waals surface area contributed by atoms with Gasteiger partial charge in [-0.3, -0.25) is 0 Å². The largest absolute Gasteiger partial charge is 0.390 e. The Morgan fingerprint density at radius 2 is 1.85 bits per heavy atom. The van der Waals surface area contributed by atoms with E-state index in [9.17, 15) is 13.5 Å². The van der Waals surface area contributed by atoms with Gasteiger partial charge in [-0.25, -0.2) is 13.3 Å². The van der Waals surface area contributed by atoms with Gasteiger partial charge in [0.2, 0.25) is 9.84 Å². The third kappa shape index (κ3) is 3.21. The summed E-state index contributed by atoms with van der Waals surface area (Å²) in [5.74, 6) is -0.00234. The van der Waals surface area contributed by atoms with Crippen LogP contribution in [0.4, 0.5) is 0 Å². The lowest BCUT2D eigenvalue weighted by Gasteiger charge is -2.53. The second-order valence-electron chi connectivity index (χ2n) is 8.46. The predicted molar refractivity (Wildman–Crippen MR) is 102 cm³/mol. The van der Waals surface area contributed by atoms with E-state index in [1.54, 1.807) is 24.3 Å². The summed E-state index contributed by atoms with van der Waals surface area (Å²) < 4.78 is 26.1. The van der Waals surface area contributed by atoms with Crippen LogP contribution in [0.5, 0.6) is 0 Å². The third-order valence-electron chi connectivity index (χ3n) is 6.46. The Balaban J connectivity index is 2.03. The number of hydrogen-bond acceptors (Lipinski definition) is 3. The van der Waals surface area contributed by atoms with E-state index < -0.39 is 15.4 Å². The standard InChI is InChI=1S/C21H27NO3S/c1-15-6-8-17(9-7-15)26(24,25)19(22-4)16-10-13-20(2)11-5-12-21(3,23)18(20)14-16/h6-9,18,23H,5,10-14H2,1-3H3/b19-16+/t18-,20-,21-/m0/s1. The van der Waals surface area contributed by atoms with E-state index in [-0.39, 0.29) is 21.3 Å². The summed E-state index contributed by atoms with van der Waals surface area (Å²) in [5, 5.41) is 10.8. The van der Waals surface area contributed by atoms with Crippen molar-refractivity contribution in [3.63, 3.8) is 0 Å². The van der Waals surface area contributed by atoms with Gasteiger partial charge in [-0.1, -0.05) is 36.6 Å². The number of aryl methyl sites for hydroxylation is 1. The van der Waals surface area contributed by atoms with Crippen LogP contribution in [0.2, 0.25) is 0 Å². The molecule has 3 atom stereocenters. The topological polar surface area (TPSA) is 58.7 Å². The molecule has 2 saturated carbocycles. The molecular formula is C21H27NO3S. The quantitative estimate of drug-likeness (QED) is 0.768. The minimum atomic E-state index is -3.82. The highest BCUT2D eigenvalue weighted by Crippen LogP contribution is 2.56. The molecule has 0 aliphatic heterocycles. The number of fused-ring (bicyclic) bond motifs is 1. The van der Waals surface area contributed by atoms with Crippen molar-refractivity contribution in [2.45, 2.75) is 69.8 Å². The van der Waals surface area contributed by atoms with E-state index in [1.165, 1.54) is 0 Å². The average molecular weight is 374 g/mol. The first kappa shape index (κ1) is 19.1. The van der Waals surface area contributed by atoms with Crippen molar-refractivity contribution in [2.24, 2.45) is 11.3 Å². The second-order valence-corrected chi connectivity index (χ2v) is 10.3. The van der Waals surface area contributed by atoms with Crippen molar-refractivity contribution in [3.8, 4) is 0 Å². The van der Waals surface area contributed by atoms with Crippen LogP contribution in [0, 0.1) is 24.8 Å². The van der Waals surface area contributed by atoms with Gasteiger partial charge in [0.05, 0.1) is 17.1 Å². The number of allylic oxidation sites excluding steroid dienone is 1. The molecule has 2 aliphatic rings. The summed E-state index contributed by atoms with van der Waals surface area (Å²) in [6.45, 7) is 13.5. The highest BCUT2D eigenvalue weighted by molar-refractivity contribution is 7.95. The maximum atomic E-state index is 13.0. The molecule has 0 aromatic heterocycles. The summed E-state index contributed by atoms with van der Waals surface area (Å²) in [4.78, 5) is 3.62. The Kier molecular flexibility index (Phi) is 4.79. The minimum absolute atomic E-state index is 0.00234. The van der Waals surface area contributed by atoms with Crippen LogP contribution in [0.25, 0.3) is 4.85 Å². The summed E-state index contributed by atoms with van der Waals surface area (Å²) in [7, 11) is -3.82. The molecule has 5 heteroatoms. The molecule has 0 spiro atoms. The summed E-state index contributed by atoms with van der Waals surface area (Å²) in [6, 6.07) is 6.65. The lowest BCUT2D eigenvalue weighted by Crippen LogP contribution is -2.50. The van der Waals surface area contributed by atoms with E-state index in [4.69, 9.17) is 6.57 Å². The molecule has 0 saturated heterocycles. The molecule has 4 nitrogen and oxygen atoms in total. The monoisotopic (exact) mass is 373 g/mol. The summed E-state index contributed by atoms with van der Waals surface area (Å²) >= 11 is 0. The highest BCUT2D eigenvalue weighted by Gasteiger charge is 2.50. The van der Waals surface area contributed by atoms with E-state index in [2.05, 4.69) is 11.8 Å². The molecular weight excluding hydrogens is 346 g/mol. The molecule has 1 N–H and O–H groups in total. The van der Waals surface area contributed by atoms with Crippen LogP contribution in [-0.2, 0) is 9.84 Å². The van der Waals surface area contributed by atoms with Gasteiger partial charge in [0, 0.05) is 0 Å². The van der Waals surface area contributed by atoms with Crippen molar-refractivity contribution < 1.29 is 13.5 Å². The molecule has 1 aromatic carbocycles. The first-order valence-electron chi connectivity index (χ1n) is 9.24. The van der Waals surface area contributed by atoms with Gasteiger partial charge >= 0.3 is 0 Å². The molecule has 140 valence electrons. The molecule has 2 fully saturated rings. The minimum Gasteiger partial charge on any atom is -0.390 e. The van der Waals surface area contributed by atoms with E-state index >= 15 is 0 Å². The Morgan fingerprint density at radius 3 is 2.46 bits per heavy atom. The molecule has 0 radical (unpaired) electrons. The molecule has 1 aromatic rings. The van der Waals surface area contributed by atoms with Crippen molar-refractivity contribution in [2.75, 3.05) is 0 Å². The number of aliphatic hydroxyl groups is 1. The lowest BCUT2D eigenvalue weighted by molar-refractivity contribution is -0.105. The fourth-order valence-corrected chi connectivity index (χ4v) is 6.26. The van der Waals surface area contributed by atoms with Crippen molar-refractivity contribution in [1.29, 1.82) is 0 Å². The maximum Gasteiger partial charge on any atom is 0.282 e. The third-order valence-corrected chi connectivity index (χ3v) is 8.24. The zero-order valence-corrected chi connectivity index (χ0v) is 16.6. The van der Waals surface area contributed by atoms with Crippen molar-refractivity contribution in [3.05, 3.63) is 51.8 Å². The van der Waals surface area contributed by atoms with Crippen LogP contribution in [0.3, 0.4) is 0 Å². The van der Waals surface area contributed by atoms with E-state index in [1.807, 2.05) is 13.8 Å². The van der Waals surface area contributed by atoms with Crippen LogP contribution < -0.4 is 0 Å². The molecule has 3 rings (SSSR count). The van der Waals surface area contributed by atoms with Gasteiger partial charge in [-0.15, -0.1) is 0 Å². The van der Waals surface area contributed by atoms with Gasteiger partial charge in [0.1, 0.15) is 0 Å². The predicted octanol–water partition coefficient (Wildman–Crippen LogP) is 4.64. The van der Waals surface area contributed by atoms with Gasteiger partial charge in [0.25, 0.3) is 5.03 Å². The van der Waals surface area contributed by atoms with Crippen LogP contribution in [-0.4, -0.2) is 19.1 Å². The zero-order valence-electron chi connectivity index (χ0n) is 15.7. The molecule has 0 heterocycles. The number of benzene rings is 1. The molecule has 26 heavy (non-hydrogen) atoms. The Bertz CT molecular complexity index is 875. The summed E-state index contributed by atoms with van der Waals surface area (Å²) in [5.41, 5.74) is 0.878. The SMILES string of the molecule is [C-]#[N+]/C(=C1/CC[C@]2(C)CCC[C@](C)(O)[C@H]2C1)S(=O)(=O)c1ccc(C)cc1. The lowest BCUT2D eigenvalue weighted by atomic mass is 9.54. The Morgan fingerprint density at radius 1 is 1.19 bits per heavy atom. The first-order chi connectivity index (χ1) is 12.1. The number of rotatable bonds is 2. The van der Waals surface area contributed by atoms with Crippen molar-refractivity contribution >= 4 is 9.84 Å². The van der Waals surface area contributed by atoms with Crippen LogP contribution >= 0.6 is 0 Å². The maximum absolute atomic E-state index is 13.0. The zero-order chi connectivity index (χ0) is 19.2. The highest BCUT2D eigenvalue weighted by atomic mass is 32.2. The average Bonchev–Trinajstić information content (AvgIpc) is 2.56. The van der Waals surface area contributed by atoms with Gasteiger partial charge in [-0.2, -0.15) is 0 Å². The molecule has 0 amide bonds. The smallest absolute Gasteiger partial charge is 0.282 e. The Labute approximate surface area is 156 Å². The van der Waals surface area contributed by atoms with E-state index in [0.29, 0.717) is 18.4 Å². The molecule has 0 unspecified atom stereocenters. The normalized spacial score (nSPS) is 33.9. The number of hydrogen-bond donors (Lipinski definition) is 1. The molecule has 2 aliphatic carbocycles. The fraction of sp³-hybridized carbons (Fsp3) is 0.571. The fourth-order valence-electron chi connectivity index (χ4n) is 4.85. The summed E-state index contributed by atoms with van der Waals surface area (Å²) in [6.07, 6.45) is 4.72. The number of nitrogens with zero attached hydrogens (tertiary/aromatic N) is 1. The van der Waals surface area contributed by atoms with Crippen molar-refractivity contribution in [1.82, 2.24) is 0 Å². The second kappa shape index (κ2) is 6.51.